The molecule has 0 aliphatic rings. The fourth-order valence-electron chi connectivity index (χ4n) is 3.19. The zero-order valence-electron chi connectivity index (χ0n) is 16.0. The van der Waals surface area contributed by atoms with Crippen molar-refractivity contribution in [1.29, 1.82) is 0 Å². The van der Waals surface area contributed by atoms with Crippen molar-refractivity contribution >= 4 is 23.2 Å². The number of benzene rings is 2. The lowest BCUT2D eigenvalue weighted by atomic mass is 10.1. The average Bonchev–Trinajstić information content (AvgIpc) is 3.03. The van der Waals surface area contributed by atoms with Gasteiger partial charge in [0.05, 0.1) is 5.69 Å². The maximum Gasteiger partial charge on any atom is 0.323 e. The number of fused-ring (bicyclic) bond motifs is 1. The monoisotopic (exact) mass is 371 g/mol. The first kappa shape index (κ1) is 17.7. The molecular weight excluding hydrogens is 350 g/mol. The Morgan fingerprint density at radius 1 is 1.00 bits per heavy atom. The van der Waals surface area contributed by atoms with Crippen molar-refractivity contribution in [3.8, 4) is 11.3 Å². The number of nitrogens with zero attached hydrogens (tertiary/aromatic N) is 3. The summed E-state index contributed by atoms with van der Waals surface area (Å²) in [6.45, 7) is 6.02. The van der Waals surface area contributed by atoms with Gasteiger partial charge in [0.15, 0.2) is 0 Å². The summed E-state index contributed by atoms with van der Waals surface area (Å²) >= 11 is 0. The van der Waals surface area contributed by atoms with Crippen LogP contribution in [0.2, 0.25) is 0 Å². The molecule has 0 spiro atoms. The molecule has 0 radical (unpaired) electrons. The van der Waals surface area contributed by atoms with Gasteiger partial charge in [-0.2, -0.15) is 0 Å². The number of imidazole rings is 1. The van der Waals surface area contributed by atoms with Gasteiger partial charge in [-0.3, -0.25) is 4.40 Å². The third kappa shape index (κ3) is 3.32. The van der Waals surface area contributed by atoms with E-state index >= 15 is 0 Å². The van der Waals surface area contributed by atoms with E-state index in [0.29, 0.717) is 11.5 Å². The molecule has 2 aromatic heterocycles. The molecule has 2 N–H and O–H groups in total. The van der Waals surface area contributed by atoms with E-state index in [-0.39, 0.29) is 6.03 Å². The standard InChI is InChI=1S/C22H21N5O/c1-14-7-4-10-19(15(14)2)25-22(28)24-18-9-5-8-17(13-18)20-16(3)27-12-6-11-23-21(27)26-20/h4-13H,1-3H3,(H2,24,25,28). The first-order valence-corrected chi connectivity index (χ1v) is 9.07. The number of hydrogen-bond donors (Lipinski definition) is 2. The third-order valence-corrected chi connectivity index (χ3v) is 4.89. The fourth-order valence-corrected chi connectivity index (χ4v) is 3.19. The van der Waals surface area contributed by atoms with Crippen molar-refractivity contribution in [3.63, 3.8) is 0 Å². The van der Waals surface area contributed by atoms with Crippen LogP contribution in [0.1, 0.15) is 16.8 Å². The van der Waals surface area contributed by atoms with Crippen molar-refractivity contribution in [2.24, 2.45) is 0 Å². The number of amides is 2. The lowest BCUT2D eigenvalue weighted by molar-refractivity contribution is 0.262. The molecule has 0 bridgehead atoms. The summed E-state index contributed by atoms with van der Waals surface area (Å²) in [5.74, 6) is 0.654. The molecule has 4 aromatic rings. The third-order valence-electron chi connectivity index (χ3n) is 4.89. The molecule has 6 heteroatoms. The minimum absolute atomic E-state index is 0.278. The zero-order chi connectivity index (χ0) is 19.7. The molecule has 6 nitrogen and oxygen atoms in total. The van der Waals surface area contributed by atoms with Crippen LogP contribution in [-0.2, 0) is 0 Å². The van der Waals surface area contributed by atoms with E-state index in [1.807, 2.05) is 79.9 Å². The summed E-state index contributed by atoms with van der Waals surface area (Å²) in [5.41, 5.74) is 6.46. The van der Waals surface area contributed by atoms with Gasteiger partial charge in [-0.25, -0.2) is 14.8 Å². The average molecular weight is 371 g/mol. The summed E-state index contributed by atoms with van der Waals surface area (Å²) in [6, 6.07) is 15.1. The highest BCUT2D eigenvalue weighted by Crippen LogP contribution is 2.26. The Bertz CT molecular complexity index is 1180. The number of rotatable bonds is 3. The van der Waals surface area contributed by atoms with Gasteiger partial charge in [-0.05, 0) is 56.2 Å². The Hall–Kier alpha value is -3.67. The largest absolute Gasteiger partial charge is 0.323 e. The molecule has 4 rings (SSSR count). The van der Waals surface area contributed by atoms with Crippen LogP contribution in [0, 0.1) is 20.8 Å². The second kappa shape index (κ2) is 7.15. The Balaban J connectivity index is 1.57. The van der Waals surface area contributed by atoms with Crippen molar-refractivity contribution in [3.05, 3.63) is 77.7 Å². The number of aryl methyl sites for hydroxylation is 2. The molecule has 2 amide bonds. The van der Waals surface area contributed by atoms with Crippen molar-refractivity contribution in [2.75, 3.05) is 10.6 Å². The molecule has 2 heterocycles. The maximum atomic E-state index is 12.4. The molecule has 0 aliphatic carbocycles. The number of carbonyl (C=O) groups excluding carboxylic acids is 1. The molecule has 0 fully saturated rings. The van der Waals surface area contributed by atoms with Gasteiger partial charge < -0.3 is 10.6 Å². The first-order chi connectivity index (χ1) is 13.5. The van der Waals surface area contributed by atoms with Gasteiger partial charge in [-0.1, -0.05) is 24.3 Å². The van der Waals surface area contributed by atoms with Crippen molar-refractivity contribution in [1.82, 2.24) is 14.4 Å². The maximum absolute atomic E-state index is 12.4. The van der Waals surface area contributed by atoms with Crippen LogP contribution in [0.25, 0.3) is 17.0 Å². The molecule has 0 unspecified atom stereocenters. The molecule has 140 valence electrons. The van der Waals surface area contributed by atoms with Crippen LogP contribution in [0.3, 0.4) is 0 Å². The summed E-state index contributed by atoms with van der Waals surface area (Å²) in [5, 5.41) is 5.81. The predicted octanol–water partition coefficient (Wildman–Crippen LogP) is 4.97. The number of aromatic nitrogens is 3. The fraction of sp³-hybridized carbons (Fsp3) is 0.136. The molecule has 28 heavy (non-hydrogen) atoms. The zero-order valence-corrected chi connectivity index (χ0v) is 16.0. The highest BCUT2D eigenvalue weighted by Gasteiger charge is 2.12. The Morgan fingerprint density at radius 2 is 1.82 bits per heavy atom. The van der Waals surface area contributed by atoms with E-state index in [1.54, 1.807) is 6.20 Å². The van der Waals surface area contributed by atoms with E-state index in [4.69, 9.17) is 0 Å². The van der Waals surface area contributed by atoms with Crippen molar-refractivity contribution < 1.29 is 4.79 Å². The van der Waals surface area contributed by atoms with Gasteiger partial charge in [0, 0.05) is 35.0 Å². The number of hydrogen-bond acceptors (Lipinski definition) is 3. The van der Waals surface area contributed by atoms with E-state index in [1.165, 1.54) is 0 Å². The van der Waals surface area contributed by atoms with Crippen LogP contribution in [-0.4, -0.2) is 20.4 Å². The highest BCUT2D eigenvalue weighted by atomic mass is 16.2. The molecule has 0 atom stereocenters. The smallest absolute Gasteiger partial charge is 0.308 e. The van der Waals surface area contributed by atoms with Crippen LogP contribution >= 0.6 is 0 Å². The molecule has 0 saturated heterocycles. The molecular formula is C22H21N5O. The quantitative estimate of drug-likeness (QED) is 0.534. The van der Waals surface area contributed by atoms with E-state index in [2.05, 4.69) is 20.6 Å². The predicted molar refractivity (Wildman–Crippen MR) is 112 cm³/mol. The number of urea groups is 1. The van der Waals surface area contributed by atoms with Crippen LogP contribution < -0.4 is 10.6 Å². The second-order valence-corrected chi connectivity index (χ2v) is 6.74. The second-order valence-electron chi connectivity index (χ2n) is 6.74. The van der Waals surface area contributed by atoms with E-state index in [9.17, 15) is 4.79 Å². The lowest BCUT2D eigenvalue weighted by Gasteiger charge is -2.12. The van der Waals surface area contributed by atoms with Crippen LogP contribution in [0.5, 0.6) is 0 Å². The number of anilines is 2. The van der Waals surface area contributed by atoms with E-state index in [0.717, 1.165) is 33.8 Å². The molecule has 0 aliphatic heterocycles. The Labute approximate surface area is 163 Å². The molecule has 0 saturated carbocycles. The van der Waals surface area contributed by atoms with Gasteiger partial charge >= 0.3 is 6.03 Å². The summed E-state index contributed by atoms with van der Waals surface area (Å²) < 4.78 is 1.95. The van der Waals surface area contributed by atoms with Gasteiger partial charge in [0.2, 0.25) is 5.78 Å². The minimum atomic E-state index is -0.278. The minimum Gasteiger partial charge on any atom is -0.308 e. The summed E-state index contributed by atoms with van der Waals surface area (Å²) in [4.78, 5) is 21.4. The highest BCUT2D eigenvalue weighted by molar-refractivity contribution is 6.00. The topological polar surface area (TPSA) is 71.3 Å². The van der Waals surface area contributed by atoms with Gasteiger partial charge in [0.25, 0.3) is 0 Å². The number of carbonyl (C=O) groups is 1. The summed E-state index contributed by atoms with van der Waals surface area (Å²) in [7, 11) is 0. The van der Waals surface area contributed by atoms with Crippen LogP contribution in [0.4, 0.5) is 16.2 Å². The molecule has 2 aromatic carbocycles. The Kier molecular flexibility index (Phi) is 4.53. The first-order valence-electron chi connectivity index (χ1n) is 9.07. The SMILES string of the molecule is Cc1cccc(NC(=O)Nc2cccc(-c3nc4ncccn4c3C)c2)c1C. The Morgan fingerprint density at radius 3 is 2.64 bits per heavy atom. The normalized spacial score (nSPS) is 10.8. The van der Waals surface area contributed by atoms with Crippen LogP contribution in [0.15, 0.2) is 60.9 Å². The van der Waals surface area contributed by atoms with Gasteiger partial charge in [-0.15, -0.1) is 0 Å². The number of nitrogens with one attached hydrogen (secondary N) is 2. The van der Waals surface area contributed by atoms with Crippen molar-refractivity contribution in [2.45, 2.75) is 20.8 Å². The van der Waals surface area contributed by atoms with E-state index < -0.39 is 0 Å². The lowest BCUT2D eigenvalue weighted by Crippen LogP contribution is -2.20. The summed E-state index contributed by atoms with van der Waals surface area (Å²) in [6.07, 6.45) is 3.66. The van der Waals surface area contributed by atoms with Gasteiger partial charge in [0.1, 0.15) is 0 Å².